The first-order chi connectivity index (χ1) is 8.26. The molecule has 0 radical (unpaired) electrons. The van der Waals surface area contributed by atoms with Crippen LogP contribution in [0.3, 0.4) is 0 Å². The lowest BCUT2D eigenvalue weighted by atomic mass is 9.88. The van der Waals surface area contributed by atoms with Crippen LogP contribution in [-0.4, -0.2) is 26.7 Å². The van der Waals surface area contributed by atoms with E-state index in [1.165, 1.54) is 19.9 Å². The quantitative estimate of drug-likeness (QED) is 0.575. The third-order valence-electron chi connectivity index (χ3n) is 3.14. The Morgan fingerprint density at radius 1 is 1.28 bits per heavy atom. The van der Waals surface area contributed by atoms with Crippen molar-refractivity contribution in [2.24, 2.45) is 5.92 Å². The Balaban J connectivity index is 2.66. The molecule has 18 heavy (non-hydrogen) atoms. The number of fused-ring (bicyclic) bond motifs is 1. The molecule has 2 rings (SSSR count). The fourth-order valence-corrected chi connectivity index (χ4v) is 1.97. The Morgan fingerprint density at radius 2 is 1.89 bits per heavy atom. The highest BCUT2D eigenvalue weighted by Crippen LogP contribution is 2.44. The number of halogens is 1. The van der Waals surface area contributed by atoms with Crippen molar-refractivity contribution < 1.29 is 29.6 Å². The van der Waals surface area contributed by atoms with Gasteiger partial charge < -0.3 is 25.2 Å². The first kappa shape index (κ1) is 13.2. The maximum absolute atomic E-state index is 13.8. The molecular formula is C12H15FO5. The molecule has 0 aliphatic carbocycles. The van der Waals surface area contributed by atoms with E-state index in [-0.39, 0.29) is 11.3 Å². The van der Waals surface area contributed by atoms with Crippen molar-refractivity contribution in [2.45, 2.75) is 32.0 Å². The first-order valence-electron chi connectivity index (χ1n) is 5.57. The molecule has 1 aromatic rings. The second-order valence-electron chi connectivity index (χ2n) is 4.67. The van der Waals surface area contributed by atoms with Gasteiger partial charge in [0.2, 0.25) is 6.29 Å². The predicted molar refractivity (Wildman–Crippen MR) is 58.9 cm³/mol. The van der Waals surface area contributed by atoms with E-state index in [1.54, 1.807) is 0 Å². The molecule has 1 aliphatic rings. The van der Waals surface area contributed by atoms with E-state index >= 15 is 0 Å². The predicted octanol–water partition coefficient (Wildman–Crippen LogP) is 0.363. The zero-order valence-electron chi connectivity index (χ0n) is 9.96. The monoisotopic (exact) mass is 258 g/mol. The van der Waals surface area contributed by atoms with E-state index in [2.05, 4.69) is 0 Å². The largest absolute Gasteiger partial charge is 0.462 e. The van der Waals surface area contributed by atoms with Gasteiger partial charge in [-0.1, -0.05) is 13.8 Å². The standard InChI is InChI=1S/C12H15FO5/c1-5(2)12(16,17)9-6(13)3-4-7-8(9)10(14)11(15)18-7/h3-5,10-11,14-17H,1-2H3. The minimum absolute atomic E-state index is 0.0412. The minimum atomic E-state index is -2.45. The van der Waals surface area contributed by atoms with Crippen molar-refractivity contribution in [3.05, 3.63) is 29.1 Å². The number of aliphatic hydroxyl groups excluding tert-OH is 2. The highest BCUT2D eigenvalue weighted by atomic mass is 19.1. The first-order valence-corrected chi connectivity index (χ1v) is 5.57. The summed E-state index contributed by atoms with van der Waals surface area (Å²) in [5.74, 6) is -3.99. The average Bonchev–Trinajstić information content (AvgIpc) is 2.55. The summed E-state index contributed by atoms with van der Waals surface area (Å²) in [6, 6.07) is 2.23. The van der Waals surface area contributed by atoms with E-state index in [0.717, 1.165) is 6.07 Å². The second kappa shape index (κ2) is 4.17. The molecule has 1 aromatic carbocycles. The van der Waals surface area contributed by atoms with Crippen molar-refractivity contribution in [1.29, 1.82) is 0 Å². The van der Waals surface area contributed by atoms with E-state index in [0.29, 0.717) is 0 Å². The van der Waals surface area contributed by atoms with Gasteiger partial charge in [-0.15, -0.1) is 0 Å². The van der Waals surface area contributed by atoms with E-state index in [9.17, 15) is 24.8 Å². The van der Waals surface area contributed by atoms with Crippen LogP contribution in [0.25, 0.3) is 0 Å². The lowest BCUT2D eigenvalue weighted by molar-refractivity contribution is -0.204. The van der Waals surface area contributed by atoms with Gasteiger partial charge in [-0.05, 0) is 12.1 Å². The van der Waals surface area contributed by atoms with Crippen LogP contribution in [-0.2, 0) is 5.79 Å². The number of hydrogen-bond acceptors (Lipinski definition) is 5. The summed E-state index contributed by atoms with van der Waals surface area (Å²) in [5, 5.41) is 39.1. The molecule has 0 aromatic heterocycles. The summed E-state index contributed by atoms with van der Waals surface area (Å²) in [7, 11) is 0. The summed E-state index contributed by atoms with van der Waals surface area (Å²) >= 11 is 0. The van der Waals surface area contributed by atoms with Crippen LogP contribution < -0.4 is 4.74 Å². The molecule has 0 spiro atoms. The molecule has 0 bridgehead atoms. The third kappa shape index (κ3) is 1.78. The lowest BCUT2D eigenvalue weighted by Gasteiger charge is -2.28. The Bertz CT molecular complexity index is 472. The molecule has 0 amide bonds. The fraction of sp³-hybridized carbons (Fsp3) is 0.500. The van der Waals surface area contributed by atoms with E-state index < -0.39 is 35.5 Å². The summed E-state index contributed by atoms with van der Waals surface area (Å²) in [5.41, 5.74) is -0.583. The molecule has 1 aliphatic heterocycles. The van der Waals surface area contributed by atoms with Crippen LogP contribution in [0.1, 0.15) is 31.1 Å². The molecule has 0 saturated heterocycles. The van der Waals surface area contributed by atoms with Gasteiger partial charge in [0.25, 0.3) is 0 Å². The van der Waals surface area contributed by atoms with Gasteiger partial charge in [0.1, 0.15) is 17.7 Å². The minimum Gasteiger partial charge on any atom is -0.462 e. The molecular weight excluding hydrogens is 243 g/mol. The van der Waals surface area contributed by atoms with Gasteiger partial charge >= 0.3 is 0 Å². The second-order valence-corrected chi connectivity index (χ2v) is 4.67. The highest BCUT2D eigenvalue weighted by molar-refractivity contribution is 5.47. The summed E-state index contributed by atoms with van der Waals surface area (Å²) in [6.07, 6.45) is -3.05. The molecule has 2 unspecified atom stereocenters. The van der Waals surface area contributed by atoms with Crippen molar-refractivity contribution in [3.63, 3.8) is 0 Å². The molecule has 0 saturated carbocycles. The highest BCUT2D eigenvalue weighted by Gasteiger charge is 2.43. The van der Waals surface area contributed by atoms with Crippen LogP contribution >= 0.6 is 0 Å². The van der Waals surface area contributed by atoms with E-state index in [1.807, 2.05) is 0 Å². The molecule has 0 fully saturated rings. The molecule has 5 nitrogen and oxygen atoms in total. The van der Waals surface area contributed by atoms with E-state index in [4.69, 9.17) is 4.74 Å². The molecule has 2 atom stereocenters. The Hall–Kier alpha value is -1.21. The summed E-state index contributed by atoms with van der Waals surface area (Å²) in [6.45, 7) is 2.99. The average molecular weight is 258 g/mol. The van der Waals surface area contributed by atoms with Gasteiger partial charge in [0.15, 0.2) is 5.79 Å². The van der Waals surface area contributed by atoms with Crippen molar-refractivity contribution in [3.8, 4) is 5.75 Å². The third-order valence-corrected chi connectivity index (χ3v) is 3.14. The summed E-state index contributed by atoms with van der Waals surface area (Å²) in [4.78, 5) is 0. The molecule has 100 valence electrons. The van der Waals surface area contributed by atoms with Crippen molar-refractivity contribution in [2.75, 3.05) is 0 Å². The van der Waals surface area contributed by atoms with Crippen LogP contribution in [0.15, 0.2) is 12.1 Å². The number of ether oxygens (including phenoxy) is 1. The molecule has 1 heterocycles. The van der Waals surface area contributed by atoms with Gasteiger partial charge in [-0.3, -0.25) is 0 Å². The van der Waals surface area contributed by atoms with Crippen LogP contribution in [0, 0.1) is 11.7 Å². The lowest BCUT2D eigenvalue weighted by Crippen LogP contribution is -2.34. The molecule has 4 N–H and O–H groups in total. The van der Waals surface area contributed by atoms with Crippen LogP contribution in [0.2, 0.25) is 0 Å². The molecule has 6 heteroatoms. The van der Waals surface area contributed by atoms with Gasteiger partial charge in [0, 0.05) is 11.5 Å². The Morgan fingerprint density at radius 3 is 2.44 bits per heavy atom. The number of rotatable bonds is 2. The maximum Gasteiger partial charge on any atom is 0.228 e. The van der Waals surface area contributed by atoms with Gasteiger partial charge in [-0.25, -0.2) is 4.39 Å². The zero-order chi connectivity index (χ0) is 13.7. The Kier molecular flexibility index (Phi) is 3.06. The SMILES string of the molecule is CC(C)C(O)(O)c1c(F)ccc2c1C(O)C(O)O2. The number of hydrogen-bond donors (Lipinski definition) is 4. The van der Waals surface area contributed by atoms with Crippen LogP contribution in [0.5, 0.6) is 5.75 Å². The fourth-order valence-electron chi connectivity index (χ4n) is 1.97. The number of aliphatic hydroxyl groups is 4. The zero-order valence-corrected chi connectivity index (χ0v) is 9.96. The van der Waals surface area contributed by atoms with Gasteiger partial charge in [0.05, 0.1) is 5.56 Å². The maximum atomic E-state index is 13.8. The normalized spacial score (nSPS) is 23.1. The summed E-state index contributed by atoms with van der Waals surface area (Å²) < 4.78 is 18.7. The van der Waals surface area contributed by atoms with Crippen molar-refractivity contribution in [1.82, 2.24) is 0 Å². The smallest absolute Gasteiger partial charge is 0.228 e. The van der Waals surface area contributed by atoms with Crippen molar-refractivity contribution >= 4 is 0 Å². The van der Waals surface area contributed by atoms with Gasteiger partial charge in [-0.2, -0.15) is 0 Å². The topological polar surface area (TPSA) is 90.2 Å². The van der Waals surface area contributed by atoms with Crippen LogP contribution in [0.4, 0.5) is 4.39 Å². The number of benzene rings is 1. The Labute approximate surface area is 103 Å².